The molecule has 0 aromatic rings. The second kappa shape index (κ2) is 9.10. The van der Waals surface area contributed by atoms with Crippen LogP contribution < -0.4 is 0 Å². The highest BCUT2D eigenvalue weighted by molar-refractivity contribution is 5.36. The van der Waals surface area contributed by atoms with Crippen LogP contribution in [0.2, 0.25) is 0 Å². The maximum Gasteiger partial charge on any atom is 0.0591 e. The lowest BCUT2D eigenvalue weighted by atomic mass is 9.60. The van der Waals surface area contributed by atoms with Gasteiger partial charge in [0, 0.05) is 0 Å². The smallest absolute Gasteiger partial charge is 0.0591 e. The third-order valence-electron chi connectivity index (χ3n) is 8.36. The summed E-state index contributed by atoms with van der Waals surface area (Å²) < 4.78 is 0. The van der Waals surface area contributed by atoms with Crippen molar-refractivity contribution in [3.63, 3.8) is 0 Å². The lowest BCUT2D eigenvalue weighted by Gasteiger charge is -2.44. The Morgan fingerprint density at radius 2 is 1.97 bits per heavy atom. The summed E-state index contributed by atoms with van der Waals surface area (Å²) in [4.78, 5) is 0. The minimum Gasteiger partial charge on any atom is -0.393 e. The van der Waals surface area contributed by atoms with Gasteiger partial charge in [0.2, 0.25) is 0 Å². The van der Waals surface area contributed by atoms with Crippen molar-refractivity contribution < 1.29 is 10.2 Å². The Bertz CT molecular complexity index is 650. The number of fused-ring (bicyclic) bond motifs is 1. The van der Waals surface area contributed by atoms with Crippen LogP contribution in [-0.4, -0.2) is 21.9 Å². The SMILES string of the molecule is C=C1CC[C@H](O)C/C1=C/C=C1\CCC[C@@]2(C)C1CC[C@@H]2[C@H](C)CCCC(C)(C)O. The van der Waals surface area contributed by atoms with Gasteiger partial charge in [0.05, 0.1) is 11.7 Å². The molecule has 0 spiro atoms. The van der Waals surface area contributed by atoms with Crippen LogP contribution in [0.5, 0.6) is 0 Å². The predicted molar refractivity (Wildman–Crippen MR) is 123 cm³/mol. The first kappa shape index (κ1) is 22.8. The fourth-order valence-electron chi connectivity index (χ4n) is 6.67. The van der Waals surface area contributed by atoms with E-state index in [9.17, 15) is 10.2 Å². The van der Waals surface area contributed by atoms with Crippen LogP contribution in [0.15, 0.2) is 35.5 Å². The van der Waals surface area contributed by atoms with Gasteiger partial charge in [-0.25, -0.2) is 0 Å². The Morgan fingerprint density at radius 1 is 1.21 bits per heavy atom. The van der Waals surface area contributed by atoms with E-state index >= 15 is 0 Å². The van der Waals surface area contributed by atoms with Crippen molar-refractivity contribution in [3.05, 3.63) is 35.5 Å². The van der Waals surface area contributed by atoms with Gasteiger partial charge in [-0.05, 0) is 100 Å². The van der Waals surface area contributed by atoms with E-state index in [0.717, 1.165) is 49.9 Å². The van der Waals surface area contributed by atoms with E-state index in [4.69, 9.17) is 0 Å². The Morgan fingerprint density at radius 3 is 2.69 bits per heavy atom. The monoisotopic (exact) mass is 400 g/mol. The molecule has 3 saturated carbocycles. The maximum atomic E-state index is 10.0. The first-order valence-electron chi connectivity index (χ1n) is 12.1. The third kappa shape index (κ3) is 5.44. The fraction of sp³-hybridized carbons (Fsp3) is 0.778. The first-order chi connectivity index (χ1) is 13.6. The maximum absolute atomic E-state index is 10.0. The van der Waals surface area contributed by atoms with Crippen molar-refractivity contribution in [3.8, 4) is 0 Å². The van der Waals surface area contributed by atoms with E-state index in [0.29, 0.717) is 5.41 Å². The summed E-state index contributed by atoms with van der Waals surface area (Å²) in [7, 11) is 0. The van der Waals surface area contributed by atoms with Crippen molar-refractivity contribution in [1.82, 2.24) is 0 Å². The zero-order valence-electron chi connectivity index (χ0n) is 19.3. The highest BCUT2D eigenvalue weighted by Crippen LogP contribution is 2.60. The minimum atomic E-state index is -0.535. The topological polar surface area (TPSA) is 40.5 Å². The van der Waals surface area contributed by atoms with E-state index in [1.165, 1.54) is 49.7 Å². The van der Waals surface area contributed by atoms with Crippen molar-refractivity contribution in [2.45, 2.75) is 110 Å². The molecule has 0 aliphatic heterocycles. The summed E-state index contributed by atoms with van der Waals surface area (Å²) in [5.74, 6) is 2.26. The fourth-order valence-corrected chi connectivity index (χ4v) is 6.67. The molecule has 0 radical (unpaired) electrons. The molecule has 3 fully saturated rings. The Kier molecular flexibility index (Phi) is 7.16. The highest BCUT2D eigenvalue weighted by Gasteiger charge is 2.50. The largest absolute Gasteiger partial charge is 0.393 e. The summed E-state index contributed by atoms with van der Waals surface area (Å²) in [6.45, 7) is 13.1. The van der Waals surface area contributed by atoms with Gasteiger partial charge in [0.15, 0.2) is 0 Å². The normalized spacial score (nSPS) is 37.2. The molecular weight excluding hydrogens is 356 g/mol. The third-order valence-corrected chi connectivity index (χ3v) is 8.36. The van der Waals surface area contributed by atoms with Gasteiger partial charge in [-0.3, -0.25) is 0 Å². The molecule has 0 bridgehead atoms. The lowest BCUT2D eigenvalue weighted by Crippen LogP contribution is -2.36. The van der Waals surface area contributed by atoms with Crippen molar-refractivity contribution >= 4 is 0 Å². The van der Waals surface area contributed by atoms with Gasteiger partial charge in [-0.2, -0.15) is 0 Å². The van der Waals surface area contributed by atoms with E-state index in [2.05, 4.69) is 32.6 Å². The minimum absolute atomic E-state index is 0.192. The Labute approximate surface area is 179 Å². The molecule has 2 nitrogen and oxygen atoms in total. The predicted octanol–water partition coefficient (Wildman–Crippen LogP) is 6.73. The van der Waals surface area contributed by atoms with E-state index in [1.54, 1.807) is 5.57 Å². The standard InChI is InChI=1S/C27H44O2/c1-19-10-13-23(28)18-22(19)12-11-21-9-7-17-27(5)24(14-15-25(21)27)20(2)8-6-16-26(3,4)29/h11-12,20,23-25,28-29H,1,6-10,13-18H2,2-5H3/b21-11+,22-12-/t20-,23+,24-,25?,27-/m1/s1. The number of rotatable bonds is 6. The van der Waals surface area contributed by atoms with Gasteiger partial charge < -0.3 is 10.2 Å². The van der Waals surface area contributed by atoms with Crippen LogP contribution in [0.3, 0.4) is 0 Å². The second-order valence-electron chi connectivity index (χ2n) is 11.2. The Hall–Kier alpha value is -0.860. The van der Waals surface area contributed by atoms with Gasteiger partial charge in [0.25, 0.3) is 0 Å². The average Bonchev–Trinajstić information content (AvgIpc) is 2.99. The van der Waals surface area contributed by atoms with Crippen LogP contribution in [0.25, 0.3) is 0 Å². The molecule has 2 N–H and O–H groups in total. The number of aliphatic hydroxyl groups excluding tert-OH is 1. The lowest BCUT2D eigenvalue weighted by molar-refractivity contribution is 0.0596. The molecule has 0 aromatic heterocycles. The van der Waals surface area contributed by atoms with Gasteiger partial charge in [-0.1, -0.05) is 56.6 Å². The molecule has 164 valence electrons. The van der Waals surface area contributed by atoms with Gasteiger partial charge >= 0.3 is 0 Å². The van der Waals surface area contributed by atoms with Crippen LogP contribution in [-0.2, 0) is 0 Å². The molecule has 2 heteroatoms. The molecule has 0 saturated heterocycles. The number of hydrogen-bond acceptors (Lipinski definition) is 2. The molecule has 1 unspecified atom stereocenters. The van der Waals surface area contributed by atoms with Crippen LogP contribution >= 0.6 is 0 Å². The molecule has 0 aromatic carbocycles. The van der Waals surface area contributed by atoms with E-state index < -0.39 is 5.60 Å². The molecular formula is C27H44O2. The van der Waals surface area contributed by atoms with Gasteiger partial charge in [0.1, 0.15) is 0 Å². The molecule has 3 aliphatic rings. The number of allylic oxidation sites excluding steroid dienone is 4. The average molecular weight is 401 g/mol. The highest BCUT2D eigenvalue weighted by atomic mass is 16.3. The molecule has 3 rings (SSSR count). The van der Waals surface area contributed by atoms with Gasteiger partial charge in [-0.15, -0.1) is 0 Å². The van der Waals surface area contributed by atoms with Crippen molar-refractivity contribution in [1.29, 1.82) is 0 Å². The van der Waals surface area contributed by atoms with E-state index in [1.807, 2.05) is 13.8 Å². The number of hydrogen-bond donors (Lipinski definition) is 2. The first-order valence-corrected chi connectivity index (χ1v) is 12.1. The van der Waals surface area contributed by atoms with Crippen molar-refractivity contribution in [2.24, 2.45) is 23.2 Å². The van der Waals surface area contributed by atoms with E-state index in [-0.39, 0.29) is 6.10 Å². The van der Waals surface area contributed by atoms with Crippen LogP contribution in [0.1, 0.15) is 98.3 Å². The molecule has 29 heavy (non-hydrogen) atoms. The Balaban J connectivity index is 1.68. The summed E-state index contributed by atoms with van der Waals surface area (Å²) in [5.41, 5.74) is 4.02. The molecule has 0 heterocycles. The summed E-state index contributed by atoms with van der Waals surface area (Å²) >= 11 is 0. The van der Waals surface area contributed by atoms with Crippen LogP contribution in [0.4, 0.5) is 0 Å². The number of aliphatic hydroxyl groups is 2. The zero-order chi connectivity index (χ0) is 21.2. The summed E-state index contributed by atoms with van der Waals surface area (Å²) in [6.07, 6.45) is 16.9. The van der Waals surface area contributed by atoms with Crippen LogP contribution in [0, 0.1) is 23.2 Å². The molecule has 5 atom stereocenters. The zero-order valence-corrected chi connectivity index (χ0v) is 19.3. The van der Waals surface area contributed by atoms with Crippen molar-refractivity contribution in [2.75, 3.05) is 0 Å². The second-order valence-corrected chi connectivity index (χ2v) is 11.2. The molecule has 0 amide bonds. The molecule has 3 aliphatic carbocycles. The summed E-state index contributed by atoms with van der Waals surface area (Å²) in [6, 6.07) is 0. The quantitative estimate of drug-likeness (QED) is 0.518. The summed E-state index contributed by atoms with van der Waals surface area (Å²) in [5, 5.41) is 20.1.